The molecule has 0 aliphatic carbocycles. The van der Waals surface area contributed by atoms with Crippen LogP contribution in [0.15, 0.2) is 0 Å². The second kappa shape index (κ2) is 30.3. The van der Waals surface area contributed by atoms with Crippen LogP contribution < -0.4 is 14.6 Å². The van der Waals surface area contributed by atoms with Gasteiger partial charge in [0.05, 0.1) is 0 Å². The molecule has 0 fully saturated rings. The molecule has 0 aromatic heterocycles. The minimum Gasteiger partial charge on any atom is -0.321 e. The van der Waals surface area contributed by atoms with Crippen LogP contribution in [0.4, 0.5) is 0 Å². The van der Waals surface area contributed by atoms with Gasteiger partial charge in [-0.3, -0.25) is 0 Å². The van der Waals surface area contributed by atoms with E-state index in [1.165, 1.54) is 142 Å². The lowest BCUT2D eigenvalue weighted by atomic mass is 10.1. The van der Waals surface area contributed by atoms with Crippen LogP contribution in [0.3, 0.4) is 0 Å². The Morgan fingerprint density at radius 1 is 0.483 bits per heavy atom. The van der Waals surface area contributed by atoms with Gasteiger partial charge in [0.2, 0.25) is 0 Å². The van der Waals surface area contributed by atoms with Gasteiger partial charge in [0.1, 0.15) is 0 Å². The maximum absolute atomic E-state index is 8.52. The molecule has 0 spiro atoms. The number of rotatable bonds is 22. The fraction of sp³-hybridized carbons (Fsp3) is 1.00. The lowest BCUT2D eigenvalue weighted by molar-refractivity contribution is -1.63. The van der Waals surface area contributed by atoms with Gasteiger partial charge in [-0.25, -0.2) is 0 Å². The van der Waals surface area contributed by atoms with E-state index < -0.39 is 10.8 Å². The van der Waals surface area contributed by atoms with Crippen molar-refractivity contribution in [3.05, 3.63) is 0 Å². The molecule has 178 valence electrons. The van der Waals surface area contributed by atoms with E-state index in [9.17, 15) is 0 Å². The molecule has 29 heavy (non-hydrogen) atoms. The normalized spacial score (nSPS) is 11.0. The second-order valence-corrected chi connectivity index (χ2v) is 8.72. The first-order valence-corrected chi connectivity index (χ1v) is 13.6. The summed E-state index contributed by atoms with van der Waals surface area (Å²) in [5, 5.41) is 3.64. The molecule has 0 heterocycles. The molecule has 0 amide bonds. The van der Waals surface area contributed by atoms with E-state index in [-0.39, 0.29) is 0 Å². The zero-order chi connectivity index (χ0) is 21.8. The van der Waals surface area contributed by atoms with Crippen LogP contribution in [0.1, 0.15) is 142 Å². The molecule has 0 radical (unpaired) electrons. The van der Waals surface area contributed by atoms with Crippen LogP contribution in [0.25, 0.3) is 0 Å². The van der Waals surface area contributed by atoms with Gasteiger partial charge in [0.25, 0.3) is 10.8 Å². The Morgan fingerprint density at radius 2 is 0.690 bits per heavy atom. The van der Waals surface area contributed by atoms with Gasteiger partial charge in [-0.2, -0.15) is 0 Å². The summed E-state index contributed by atoms with van der Waals surface area (Å²) >= 11 is 0. The molecule has 4 nitrogen and oxygen atoms in total. The van der Waals surface area contributed by atoms with Crippen LogP contribution >= 0.6 is 0 Å². The Balaban J connectivity index is 0. The van der Waals surface area contributed by atoms with Crippen molar-refractivity contribution in [2.75, 3.05) is 13.1 Å². The van der Waals surface area contributed by atoms with Gasteiger partial charge >= 0.3 is 0 Å². The number of hydrogen-bond donors (Lipinski definition) is 2. The van der Waals surface area contributed by atoms with E-state index in [1.54, 1.807) is 0 Å². The number of hydrogen-bond acceptors (Lipinski definition) is 4. The summed E-state index contributed by atoms with van der Waals surface area (Å²) in [6, 6.07) is 0. The van der Waals surface area contributed by atoms with Gasteiger partial charge in [-0.05, 0) is 25.9 Å². The number of halogens is 1. The van der Waals surface area contributed by atoms with Crippen molar-refractivity contribution in [3.63, 3.8) is 0 Å². The van der Waals surface area contributed by atoms with E-state index >= 15 is 0 Å². The Morgan fingerprint density at radius 3 is 0.931 bits per heavy atom. The summed E-state index contributed by atoms with van der Waals surface area (Å²) in [5.74, 6) is 0. The first-order valence-electron chi connectivity index (χ1n) is 12.6. The Labute approximate surface area is 185 Å². The van der Waals surface area contributed by atoms with Crippen LogP contribution in [0.2, 0.25) is 0 Å². The molecule has 0 saturated heterocycles. The largest absolute Gasteiger partial charge is 0.321 e. The third kappa shape index (κ3) is 39.2. The Kier molecular flexibility index (Phi) is 32.7. The highest BCUT2D eigenvalue weighted by Gasteiger charge is 1.94. The third-order valence-corrected chi connectivity index (χ3v) is 5.41. The predicted octanol–water partition coefficient (Wildman–Crippen LogP) is 5.48. The molecule has 0 aliphatic rings. The number of unbranched alkanes of at least 4 members (excludes halogenated alkanes) is 18. The average molecular weight is 438 g/mol. The SMILES string of the molecule is CCCCCCCCCCCCNCCCCCCCCCCCC.[O-][Cl+2]([O-])O. The summed E-state index contributed by atoms with van der Waals surface area (Å²) < 4.78 is 24.0. The maximum Gasteiger partial charge on any atom is 0.282 e. The van der Waals surface area contributed by atoms with E-state index in [0.717, 1.165) is 0 Å². The molecule has 0 rings (SSSR count). The summed E-state index contributed by atoms with van der Waals surface area (Å²) in [6.07, 6.45) is 28.8. The zero-order valence-electron chi connectivity index (χ0n) is 19.7. The van der Waals surface area contributed by atoms with Gasteiger partial charge < -0.3 is 14.6 Å². The second-order valence-electron chi connectivity index (χ2n) is 8.31. The van der Waals surface area contributed by atoms with E-state index in [2.05, 4.69) is 19.2 Å². The average Bonchev–Trinajstić information content (AvgIpc) is 2.69. The van der Waals surface area contributed by atoms with Gasteiger partial charge in [-0.1, -0.05) is 129 Å². The minimum absolute atomic E-state index is 1.24. The lowest BCUT2D eigenvalue weighted by Crippen LogP contribution is -2.30. The maximum atomic E-state index is 8.52. The van der Waals surface area contributed by atoms with Crippen molar-refractivity contribution < 1.29 is 24.8 Å². The van der Waals surface area contributed by atoms with Crippen molar-refractivity contribution in [2.45, 2.75) is 142 Å². The molecule has 0 aliphatic heterocycles. The summed E-state index contributed by atoms with van der Waals surface area (Å²) in [6.45, 7) is 7.08. The fourth-order valence-electron chi connectivity index (χ4n) is 3.60. The van der Waals surface area contributed by atoms with Crippen LogP contribution in [0.5, 0.6) is 0 Å². The molecule has 2 N–H and O–H groups in total. The molecule has 5 heteroatoms. The van der Waals surface area contributed by atoms with Crippen LogP contribution in [-0.2, 0) is 0 Å². The quantitative estimate of drug-likeness (QED) is 0.220. The molecule has 0 bridgehead atoms. The molecule has 0 aromatic carbocycles. The van der Waals surface area contributed by atoms with Crippen molar-refractivity contribution >= 4 is 0 Å². The lowest BCUT2D eigenvalue weighted by Gasteiger charge is -2.05. The smallest absolute Gasteiger partial charge is 0.282 e. The van der Waals surface area contributed by atoms with Crippen LogP contribution in [0, 0.1) is 10.8 Å². The van der Waals surface area contributed by atoms with Gasteiger partial charge in [0, 0.05) is 4.66 Å². The summed E-state index contributed by atoms with van der Waals surface area (Å²) in [4.78, 5) is 0. The van der Waals surface area contributed by atoms with Crippen molar-refractivity contribution in [3.8, 4) is 0 Å². The molecule has 0 unspecified atom stereocenters. The first kappa shape index (κ1) is 31.3. The highest BCUT2D eigenvalue weighted by Crippen LogP contribution is 2.11. The van der Waals surface area contributed by atoms with Crippen molar-refractivity contribution in [1.29, 1.82) is 0 Å². The predicted molar refractivity (Wildman–Crippen MR) is 119 cm³/mol. The van der Waals surface area contributed by atoms with E-state index in [4.69, 9.17) is 14.0 Å². The summed E-state index contributed by atoms with van der Waals surface area (Å²) in [7, 11) is -2.60. The van der Waals surface area contributed by atoms with Crippen LogP contribution in [-0.4, -0.2) is 17.7 Å². The van der Waals surface area contributed by atoms with Gasteiger partial charge in [0.15, 0.2) is 0 Å². The molecule has 0 atom stereocenters. The third-order valence-electron chi connectivity index (χ3n) is 5.41. The number of nitrogens with one attached hydrogen (secondary N) is 1. The van der Waals surface area contributed by atoms with E-state index in [1.807, 2.05) is 0 Å². The highest BCUT2D eigenvalue weighted by molar-refractivity contribution is 4.53. The van der Waals surface area contributed by atoms with Gasteiger partial charge in [-0.15, -0.1) is 0 Å². The van der Waals surface area contributed by atoms with E-state index in [0.29, 0.717) is 0 Å². The van der Waals surface area contributed by atoms with Crippen molar-refractivity contribution in [1.82, 2.24) is 5.32 Å². The molecule has 0 saturated carbocycles. The molecule has 0 aromatic rings. The minimum atomic E-state index is -2.60. The fourth-order valence-corrected chi connectivity index (χ4v) is 3.60. The zero-order valence-corrected chi connectivity index (χ0v) is 20.5. The monoisotopic (exact) mass is 437 g/mol. The van der Waals surface area contributed by atoms with Crippen molar-refractivity contribution in [2.24, 2.45) is 0 Å². The Bertz CT molecular complexity index is 244. The Hall–Kier alpha value is 0.130. The standard InChI is InChI=1S/C24H51N.ClHO3/c1-3-5-7-9-11-13-15-17-19-21-23-25-24-22-20-18-16-14-12-10-8-6-4-2;2-1(3)4/h25H,3-24H2,1-2H3;2H. The highest BCUT2D eigenvalue weighted by atomic mass is 35.6. The molecular formula is C24H52ClNO3. The first-order chi connectivity index (χ1) is 14.1. The summed E-state index contributed by atoms with van der Waals surface area (Å²) in [5.41, 5.74) is 0. The molecular weight excluding hydrogens is 386 g/mol. The topological polar surface area (TPSA) is 78.4 Å².